The van der Waals surface area contributed by atoms with E-state index in [-0.39, 0.29) is 6.10 Å². The Kier molecular flexibility index (Phi) is 3.04. The van der Waals surface area contributed by atoms with Crippen molar-refractivity contribution in [3.63, 3.8) is 0 Å². The minimum Gasteiger partial charge on any atom is -0.488 e. The van der Waals surface area contributed by atoms with Gasteiger partial charge in [-0.1, -0.05) is 28.1 Å². The summed E-state index contributed by atoms with van der Waals surface area (Å²) in [6.07, 6.45) is 1.20. The highest BCUT2D eigenvalue weighted by Crippen LogP contribution is 2.25. The number of hydrogen-bond acceptors (Lipinski definition) is 2. The van der Waals surface area contributed by atoms with Crippen molar-refractivity contribution in [2.45, 2.75) is 12.5 Å². The molecule has 0 bridgehead atoms. The summed E-state index contributed by atoms with van der Waals surface area (Å²) in [4.78, 5) is 0. The highest BCUT2D eigenvalue weighted by Gasteiger charge is 2.17. The Morgan fingerprint density at radius 3 is 2.76 bits per heavy atom. The number of fused-ring (bicyclic) bond motifs is 1. The standard InChI is InChI=1S/C14H13BrO2/c15-12-3-1-11-8-13(4-2-10(11)7-12)17-14-5-6-16-9-14/h1-4,7-8,14H,5-6,9H2. The van der Waals surface area contributed by atoms with Crippen LogP contribution in [0.1, 0.15) is 6.42 Å². The molecule has 1 heterocycles. The van der Waals surface area contributed by atoms with Crippen molar-refractivity contribution in [3.8, 4) is 5.75 Å². The third-order valence-corrected chi connectivity index (χ3v) is 3.46. The number of hydrogen-bond donors (Lipinski definition) is 0. The Morgan fingerprint density at radius 1 is 1.12 bits per heavy atom. The molecule has 0 aliphatic carbocycles. The zero-order valence-corrected chi connectivity index (χ0v) is 10.9. The molecule has 3 rings (SSSR count). The lowest BCUT2D eigenvalue weighted by atomic mass is 10.1. The molecule has 0 saturated carbocycles. The summed E-state index contributed by atoms with van der Waals surface area (Å²) >= 11 is 3.47. The van der Waals surface area contributed by atoms with E-state index < -0.39 is 0 Å². The summed E-state index contributed by atoms with van der Waals surface area (Å²) in [5.41, 5.74) is 0. The van der Waals surface area contributed by atoms with Gasteiger partial charge in [-0.2, -0.15) is 0 Å². The lowest BCUT2D eigenvalue weighted by Gasteiger charge is -2.12. The molecule has 17 heavy (non-hydrogen) atoms. The first-order valence-electron chi connectivity index (χ1n) is 5.75. The molecule has 2 aromatic carbocycles. The molecule has 1 fully saturated rings. The molecule has 3 heteroatoms. The quantitative estimate of drug-likeness (QED) is 0.839. The van der Waals surface area contributed by atoms with Crippen molar-refractivity contribution in [1.82, 2.24) is 0 Å². The van der Waals surface area contributed by atoms with Crippen molar-refractivity contribution in [2.24, 2.45) is 0 Å². The van der Waals surface area contributed by atoms with Gasteiger partial charge in [-0.3, -0.25) is 0 Å². The minimum absolute atomic E-state index is 0.211. The summed E-state index contributed by atoms with van der Waals surface area (Å²) in [7, 11) is 0. The van der Waals surface area contributed by atoms with Gasteiger partial charge in [0.2, 0.25) is 0 Å². The zero-order chi connectivity index (χ0) is 11.7. The van der Waals surface area contributed by atoms with Gasteiger partial charge in [0.05, 0.1) is 13.2 Å². The summed E-state index contributed by atoms with van der Waals surface area (Å²) in [5, 5.41) is 2.42. The van der Waals surface area contributed by atoms with Crippen LogP contribution < -0.4 is 4.74 Å². The van der Waals surface area contributed by atoms with Crippen molar-refractivity contribution in [2.75, 3.05) is 13.2 Å². The number of rotatable bonds is 2. The zero-order valence-electron chi connectivity index (χ0n) is 9.36. The van der Waals surface area contributed by atoms with Crippen LogP contribution >= 0.6 is 15.9 Å². The van der Waals surface area contributed by atoms with E-state index in [1.54, 1.807) is 0 Å². The van der Waals surface area contributed by atoms with Crippen LogP contribution in [0.15, 0.2) is 40.9 Å². The summed E-state index contributed by atoms with van der Waals surface area (Å²) < 4.78 is 12.3. The van der Waals surface area contributed by atoms with Gasteiger partial charge in [0, 0.05) is 10.9 Å². The Bertz CT molecular complexity index is 533. The van der Waals surface area contributed by atoms with Crippen LogP contribution in [0.4, 0.5) is 0 Å². The molecule has 0 radical (unpaired) electrons. The molecule has 0 aromatic heterocycles. The van der Waals surface area contributed by atoms with Crippen molar-refractivity contribution in [1.29, 1.82) is 0 Å². The molecule has 0 N–H and O–H groups in total. The number of ether oxygens (including phenoxy) is 2. The van der Waals surface area contributed by atoms with E-state index in [4.69, 9.17) is 9.47 Å². The van der Waals surface area contributed by atoms with Gasteiger partial charge in [-0.25, -0.2) is 0 Å². The van der Waals surface area contributed by atoms with E-state index in [1.807, 2.05) is 12.1 Å². The Hall–Kier alpha value is -1.06. The molecule has 88 valence electrons. The fourth-order valence-corrected chi connectivity index (χ4v) is 2.45. The van der Waals surface area contributed by atoms with Gasteiger partial charge in [0.1, 0.15) is 11.9 Å². The lowest BCUT2D eigenvalue weighted by molar-refractivity contribution is 0.141. The SMILES string of the molecule is Brc1ccc2cc(OC3CCOC3)ccc2c1. The Labute approximate surface area is 109 Å². The second-order valence-electron chi connectivity index (χ2n) is 4.26. The average molecular weight is 293 g/mol. The van der Waals surface area contributed by atoms with Gasteiger partial charge < -0.3 is 9.47 Å². The first kappa shape index (κ1) is 11.1. The average Bonchev–Trinajstić information content (AvgIpc) is 2.82. The molecule has 1 aliphatic heterocycles. The fraction of sp³-hybridized carbons (Fsp3) is 0.286. The Morgan fingerprint density at radius 2 is 1.94 bits per heavy atom. The maximum absolute atomic E-state index is 5.88. The summed E-state index contributed by atoms with van der Waals surface area (Å²) in [6.45, 7) is 1.52. The maximum Gasteiger partial charge on any atom is 0.124 e. The predicted molar refractivity (Wildman–Crippen MR) is 71.5 cm³/mol. The topological polar surface area (TPSA) is 18.5 Å². The minimum atomic E-state index is 0.211. The molecule has 0 spiro atoms. The van der Waals surface area contributed by atoms with Gasteiger partial charge in [-0.15, -0.1) is 0 Å². The van der Waals surface area contributed by atoms with E-state index >= 15 is 0 Å². The van der Waals surface area contributed by atoms with E-state index in [9.17, 15) is 0 Å². The molecular formula is C14H13BrO2. The third kappa shape index (κ3) is 2.45. The van der Waals surface area contributed by atoms with Crippen LogP contribution in [-0.2, 0) is 4.74 Å². The monoisotopic (exact) mass is 292 g/mol. The highest BCUT2D eigenvalue weighted by molar-refractivity contribution is 9.10. The first-order chi connectivity index (χ1) is 8.31. The second-order valence-corrected chi connectivity index (χ2v) is 5.17. The maximum atomic E-state index is 5.88. The number of benzene rings is 2. The van der Waals surface area contributed by atoms with Crippen LogP contribution in [0.5, 0.6) is 5.75 Å². The molecule has 1 saturated heterocycles. The van der Waals surface area contributed by atoms with Gasteiger partial charge >= 0.3 is 0 Å². The van der Waals surface area contributed by atoms with Crippen molar-refractivity contribution >= 4 is 26.7 Å². The smallest absolute Gasteiger partial charge is 0.124 e. The predicted octanol–water partition coefficient (Wildman–Crippen LogP) is 3.77. The van der Waals surface area contributed by atoms with E-state index in [1.165, 1.54) is 10.8 Å². The summed E-state index contributed by atoms with van der Waals surface area (Å²) in [5.74, 6) is 0.926. The van der Waals surface area contributed by atoms with Crippen LogP contribution in [-0.4, -0.2) is 19.3 Å². The largest absolute Gasteiger partial charge is 0.488 e. The normalized spacial score (nSPS) is 19.7. The van der Waals surface area contributed by atoms with Gasteiger partial charge in [-0.05, 0) is 35.0 Å². The van der Waals surface area contributed by atoms with Crippen LogP contribution in [0, 0.1) is 0 Å². The van der Waals surface area contributed by atoms with Gasteiger partial charge in [0.25, 0.3) is 0 Å². The van der Waals surface area contributed by atoms with E-state index in [0.29, 0.717) is 6.61 Å². The Balaban J connectivity index is 1.88. The van der Waals surface area contributed by atoms with Crippen molar-refractivity contribution in [3.05, 3.63) is 40.9 Å². The molecule has 0 amide bonds. The first-order valence-corrected chi connectivity index (χ1v) is 6.54. The highest BCUT2D eigenvalue weighted by atomic mass is 79.9. The van der Waals surface area contributed by atoms with E-state index in [0.717, 1.165) is 23.2 Å². The molecule has 1 atom stereocenters. The lowest BCUT2D eigenvalue weighted by Crippen LogP contribution is -2.15. The third-order valence-electron chi connectivity index (χ3n) is 2.96. The molecular weight excluding hydrogens is 280 g/mol. The summed E-state index contributed by atoms with van der Waals surface area (Å²) in [6, 6.07) is 12.4. The van der Waals surface area contributed by atoms with Crippen LogP contribution in [0.25, 0.3) is 10.8 Å². The fourth-order valence-electron chi connectivity index (χ4n) is 2.07. The van der Waals surface area contributed by atoms with Crippen LogP contribution in [0.3, 0.4) is 0 Å². The molecule has 1 unspecified atom stereocenters. The molecule has 1 aliphatic rings. The molecule has 2 nitrogen and oxygen atoms in total. The number of halogens is 1. The van der Waals surface area contributed by atoms with Crippen molar-refractivity contribution < 1.29 is 9.47 Å². The second kappa shape index (κ2) is 4.67. The molecule has 2 aromatic rings. The van der Waals surface area contributed by atoms with Gasteiger partial charge in [0.15, 0.2) is 0 Å². The van der Waals surface area contributed by atoms with E-state index in [2.05, 4.69) is 40.2 Å². The van der Waals surface area contributed by atoms with Crippen LogP contribution in [0.2, 0.25) is 0 Å².